The molecule has 20 heavy (non-hydrogen) atoms. The maximum Gasteiger partial charge on any atom is 0.0672 e. The first-order valence-corrected chi connectivity index (χ1v) is 7.37. The van der Waals surface area contributed by atoms with Crippen molar-refractivity contribution in [3.63, 3.8) is 0 Å². The van der Waals surface area contributed by atoms with Gasteiger partial charge in [-0.25, -0.2) is 0 Å². The van der Waals surface area contributed by atoms with Crippen LogP contribution in [0.2, 0.25) is 0 Å². The van der Waals surface area contributed by atoms with Crippen molar-refractivity contribution in [3.05, 3.63) is 71.0 Å². The Labute approximate surface area is 119 Å². The second-order valence-electron chi connectivity index (χ2n) is 5.58. The zero-order valence-corrected chi connectivity index (χ0v) is 11.5. The van der Waals surface area contributed by atoms with Crippen molar-refractivity contribution in [2.24, 2.45) is 4.99 Å². The van der Waals surface area contributed by atoms with Gasteiger partial charge in [0.05, 0.1) is 5.70 Å². The average molecular weight is 262 g/mol. The molecule has 0 aromatic heterocycles. The number of fused-ring (bicyclic) bond motifs is 2. The van der Waals surface area contributed by atoms with Gasteiger partial charge in [-0.2, -0.15) is 0 Å². The number of aliphatic imine (C=N–C) groups is 1. The molecule has 1 fully saturated rings. The van der Waals surface area contributed by atoms with Crippen LogP contribution in [-0.2, 0) is 6.42 Å². The van der Waals surface area contributed by atoms with Crippen LogP contribution >= 0.6 is 0 Å². The predicted molar refractivity (Wildman–Crippen MR) is 82.9 cm³/mol. The van der Waals surface area contributed by atoms with Crippen LogP contribution < -0.4 is 5.32 Å². The van der Waals surface area contributed by atoms with E-state index >= 15 is 0 Å². The molecule has 0 spiro atoms. The molecule has 2 heterocycles. The van der Waals surface area contributed by atoms with E-state index in [1.165, 1.54) is 28.1 Å². The molecule has 1 atom stereocenters. The number of piperidine rings is 1. The van der Waals surface area contributed by atoms with Gasteiger partial charge in [-0.1, -0.05) is 42.5 Å². The number of allylic oxidation sites excluding steroid dienone is 4. The molecule has 4 rings (SSSR count). The molecular weight excluding hydrogens is 244 g/mol. The first-order valence-electron chi connectivity index (χ1n) is 7.37. The van der Waals surface area contributed by atoms with Crippen LogP contribution in [0.15, 0.2) is 70.4 Å². The Bertz CT molecular complexity index is 647. The van der Waals surface area contributed by atoms with Crippen molar-refractivity contribution in [3.8, 4) is 0 Å². The van der Waals surface area contributed by atoms with Gasteiger partial charge in [-0.15, -0.1) is 0 Å². The Kier molecular flexibility index (Phi) is 2.89. The van der Waals surface area contributed by atoms with Crippen molar-refractivity contribution >= 4 is 5.71 Å². The predicted octanol–water partition coefficient (Wildman–Crippen LogP) is 3.19. The first-order chi connectivity index (χ1) is 9.92. The van der Waals surface area contributed by atoms with Gasteiger partial charge in [0.2, 0.25) is 0 Å². The van der Waals surface area contributed by atoms with Gasteiger partial charge in [-0.05, 0) is 35.6 Å². The second kappa shape index (κ2) is 4.88. The summed E-state index contributed by atoms with van der Waals surface area (Å²) in [7, 11) is 0. The third-order valence-electron chi connectivity index (χ3n) is 4.30. The third-order valence-corrected chi connectivity index (χ3v) is 4.30. The van der Waals surface area contributed by atoms with Crippen LogP contribution in [-0.4, -0.2) is 18.3 Å². The lowest BCUT2D eigenvalue weighted by Crippen LogP contribution is -2.41. The Morgan fingerprint density at radius 3 is 3.00 bits per heavy atom. The summed E-state index contributed by atoms with van der Waals surface area (Å²) in [6.45, 7) is 1.04. The molecule has 0 amide bonds. The lowest BCUT2D eigenvalue weighted by Gasteiger charge is -2.27. The van der Waals surface area contributed by atoms with Crippen LogP contribution in [0.5, 0.6) is 0 Å². The summed E-state index contributed by atoms with van der Waals surface area (Å²) in [5.41, 5.74) is 6.81. The van der Waals surface area contributed by atoms with E-state index in [1.807, 2.05) is 0 Å². The van der Waals surface area contributed by atoms with E-state index in [9.17, 15) is 0 Å². The first kappa shape index (κ1) is 11.9. The normalized spacial score (nSPS) is 24.1. The number of hydrogen-bond acceptors (Lipinski definition) is 2. The fourth-order valence-corrected chi connectivity index (χ4v) is 3.38. The summed E-state index contributed by atoms with van der Waals surface area (Å²) >= 11 is 0. The molecule has 1 saturated heterocycles. The quantitative estimate of drug-likeness (QED) is 0.869. The van der Waals surface area contributed by atoms with Gasteiger partial charge in [0, 0.05) is 24.7 Å². The van der Waals surface area contributed by atoms with E-state index in [0.29, 0.717) is 6.04 Å². The van der Waals surface area contributed by atoms with Crippen LogP contribution in [0.1, 0.15) is 18.4 Å². The molecule has 1 aromatic rings. The molecule has 2 aliphatic heterocycles. The topological polar surface area (TPSA) is 24.4 Å². The van der Waals surface area contributed by atoms with Gasteiger partial charge in [0.25, 0.3) is 0 Å². The molecule has 2 heteroatoms. The van der Waals surface area contributed by atoms with Crippen LogP contribution in [0.25, 0.3) is 0 Å². The minimum absolute atomic E-state index is 0.414. The van der Waals surface area contributed by atoms with E-state index in [1.54, 1.807) is 0 Å². The smallest absolute Gasteiger partial charge is 0.0672 e. The highest BCUT2D eigenvalue weighted by Crippen LogP contribution is 2.35. The molecule has 0 radical (unpaired) electrons. The largest absolute Gasteiger partial charge is 0.309 e. The van der Waals surface area contributed by atoms with Crippen molar-refractivity contribution in [2.45, 2.75) is 25.3 Å². The molecular formula is C18H18N2. The molecule has 0 bridgehead atoms. The number of hydrogen-bond donors (Lipinski definition) is 1. The third kappa shape index (κ3) is 1.97. The Balaban J connectivity index is 1.69. The monoisotopic (exact) mass is 262 g/mol. The maximum absolute atomic E-state index is 4.84. The van der Waals surface area contributed by atoms with Gasteiger partial charge >= 0.3 is 0 Å². The van der Waals surface area contributed by atoms with Crippen molar-refractivity contribution < 1.29 is 0 Å². The SMILES string of the molecule is C1=CCC2=C3C(=NC2=C1)CCN[C@H]3Cc1ccccc1. The van der Waals surface area contributed by atoms with Crippen LogP contribution in [0.3, 0.4) is 0 Å². The van der Waals surface area contributed by atoms with Crippen molar-refractivity contribution in [2.75, 3.05) is 6.54 Å². The van der Waals surface area contributed by atoms with E-state index in [-0.39, 0.29) is 0 Å². The van der Waals surface area contributed by atoms with Gasteiger partial charge in [0.1, 0.15) is 0 Å². The zero-order valence-electron chi connectivity index (χ0n) is 11.5. The fraction of sp³-hybridized carbons (Fsp3) is 0.278. The standard InChI is InChI=1S/C18H18N2/c1-2-6-13(7-3-1)12-17-18-14-8-4-5-9-15(14)20-16(18)10-11-19-17/h1-7,9,17,19H,8,10-12H2/t17-/m0/s1. The second-order valence-corrected chi connectivity index (χ2v) is 5.58. The lowest BCUT2D eigenvalue weighted by molar-refractivity contribution is 0.565. The molecule has 2 nitrogen and oxygen atoms in total. The van der Waals surface area contributed by atoms with E-state index < -0.39 is 0 Å². The molecule has 1 aromatic carbocycles. The molecule has 100 valence electrons. The molecule has 0 saturated carbocycles. The van der Waals surface area contributed by atoms with Gasteiger partial charge in [0.15, 0.2) is 0 Å². The Morgan fingerprint density at radius 1 is 1.20 bits per heavy atom. The Morgan fingerprint density at radius 2 is 2.10 bits per heavy atom. The van der Waals surface area contributed by atoms with Gasteiger partial charge < -0.3 is 5.32 Å². The molecule has 3 aliphatic rings. The average Bonchev–Trinajstić information content (AvgIpc) is 2.88. The summed E-state index contributed by atoms with van der Waals surface area (Å²) in [5.74, 6) is 0. The summed E-state index contributed by atoms with van der Waals surface area (Å²) in [6, 6.07) is 11.2. The van der Waals surface area contributed by atoms with Crippen molar-refractivity contribution in [1.29, 1.82) is 0 Å². The fourth-order valence-electron chi connectivity index (χ4n) is 3.38. The summed E-state index contributed by atoms with van der Waals surface area (Å²) in [6.07, 6.45) is 9.65. The minimum Gasteiger partial charge on any atom is -0.309 e. The zero-order chi connectivity index (χ0) is 13.4. The van der Waals surface area contributed by atoms with Crippen LogP contribution in [0, 0.1) is 0 Å². The van der Waals surface area contributed by atoms with E-state index in [0.717, 1.165) is 25.8 Å². The minimum atomic E-state index is 0.414. The summed E-state index contributed by atoms with van der Waals surface area (Å²) in [4.78, 5) is 4.84. The van der Waals surface area contributed by atoms with Crippen molar-refractivity contribution in [1.82, 2.24) is 5.32 Å². The van der Waals surface area contributed by atoms with Gasteiger partial charge in [-0.3, -0.25) is 4.99 Å². The number of nitrogens with zero attached hydrogens (tertiary/aromatic N) is 1. The highest BCUT2D eigenvalue weighted by atomic mass is 15.0. The number of benzene rings is 1. The maximum atomic E-state index is 4.84. The summed E-state index contributed by atoms with van der Waals surface area (Å²) in [5, 5.41) is 3.68. The molecule has 0 unspecified atom stereocenters. The number of rotatable bonds is 2. The molecule has 1 aliphatic carbocycles. The highest BCUT2D eigenvalue weighted by molar-refractivity contribution is 6.07. The highest BCUT2D eigenvalue weighted by Gasteiger charge is 2.32. The Hall–Kier alpha value is -1.93. The van der Waals surface area contributed by atoms with Crippen LogP contribution in [0.4, 0.5) is 0 Å². The summed E-state index contributed by atoms with van der Waals surface area (Å²) < 4.78 is 0. The number of nitrogens with one attached hydrogen (secondary N) is 1. The lowest BCUT2D eigenvalue weighted by atomic mass is 9.86. The van der Waals surface area contributed by atoms with E-state index in [4.69, 9.17) is 4.99 Å². The molecule has 1 N–H and O–H groups in total. The van der Waals surface area contributed by atoms with E-state index in [2.05, 4.69) is 53.9 Å².